The Balaban J connectivity index is 2.68. The van der Waals surface area contributed by atoms with Crippen LogP contribution in [0, 0.1) is 5.92 Å². The second-order valence-corrected chi connectivity index (χ2v) is 21.6. The number of hydrogen-bond acceptors (Lipinski definition) is 4. The molecule has 142 valence electrons. The number of carbonyl (C=O) groups is 1. The van der Waals surface area contributed by atoms with Gasteiger partial charge in [0.15, 0.2) is 16.6 Å². The van der Waals surface area contributed by atoms with E-state index in [2.05, 4.69) is 52.8 Å². The zero-order chi connectivity index (χ0) is 19.3. The van der Waals surface area contributed by atoms with Crippen molar-refractivity contribution in [3.63, 3.8) is 0 Å². The van der Waals surface area contributed by atoms with Crippen molar-refractivity contribution >= 4 is 31.2 Å². The molecule has 0 aliphatic carbocycles. The lowest BCUT2D eigenvalue weighted by Crippen LogP contribution is -2.53. The molecule has 1 unspecified atom stereocenters. The molecule has 0 saturated heterocycles. The highest BCUT2D eigenvalue weighted by atomic mass is 28.5. The predicted molar refractivity (Wildman–Crippen MR) is 111 cm³/mol. The van der Waals surface area contributed by atoms with E-state index in [0.29, 0.717) is 12.2 Å². The second-order valence-electron chi connectivity index (χ2n) is 8.84. The first-order valence-corrected chi connectivity index (χ1v) is 18.3. The topological polar surface area (TPSA) is 44.8 Å². The Kier molecular flexibility index (Phi) is 7.82. The number of carbonyl (C=O) groups excluding carboxylic acids is 1. The van der Waals surface area contributed by atoms with Crippen molar-refractivity contribution in [3.05, 3.63) is 35.9 Å². The Bertz CT molecular complexity index is 534. The Labute approximate surface area is 156 Å². The fraction of sp³-hybridized carbons (Fsp3) is 0.611. The van der Waals surface area contributed by atoms with Gasteiger partial charge in [-0.3, -0.25) is 0 Å². The first kappa shape index (κ1) is 22.3. The largest absolute Gasteiger partial charge is 0.462 e. The van der Waals surface area contributed by atoms with Crippen LogP contribution in [0.2, 0.25) is 51.9 Å². The van der Waals surface area contributed by atoms with E-state index >= 15 is 0 Å². The number of rotatable bonds is 9. The quantitative estimate of drug-likeness (QED) is 0.421. The molecule has 0 heterocycles. The molecule has 0 aliphatic rings. The van der Waals surface area contributed by atoms with Crippen molar-refractivity contribution in [2.24, 2.45) is 5.92 Å². The molecule has 0 radical (unpaired) electrons. The van der Waals surface area contributed by atoms with Crippen LogP contribution in [0.4, 0.5) is 0 Å². The first-order chi connectivity index (χ1) is 11.3. The number of esters is 1. The Morgan fingerprint density at radius 1 is 0.920 bits per heavy atom. The predicted octanol–water partition coefficient (Wildman–Crippen LogP) is 5.25. The van der Waals surface area contributed by atoms with E-state index in [9.17, 15) is 4.79 Å². The molecule has 0 fully saturated rings. The molecule has 1 aromatic rings. The molecule has 25 heavy (non-hydrogen) atoms. The van der Waals surface area contributed by atoms with Gasteiger partial charge in [-0.1, -0.05) is 25.1 Å². The lowest BCUT2D eigenvalue weighted by Gasteiger charge is -2.39. The van der Waals surface area contributed by atoms with Crippen LogP contribution in [0.1, 0.15) is 17.3 Å². The summed E-state index contributed by atoms with van der Waals surface area (Å²) in [5.74, 6) is -0.0647. The molecular formula is C18H34O4Si3. The minimum Gasteiger partial charge on any atom is -0.462 e. The van der Waals surface area contributed by atoms with E-state index in [1.54, 1.807) is 12.1 Å². The standard InChI is InChI=1S/C18H34O4Si3/c1-16(14-20-18(19)17-12-10-9-11-13-17)15-25(8,21-23(2,3)4)22-24(5,6)7/h9-13,16H,14-15H2,1-8H3. The second kappa shape index (κ2) is 8.77. The maximum absolute atomic E-state index is 12.1. The molecular weight excluding hydrogens is 364 g/mol. The van der Waals surface area contributed by atoms with Gasteiger partial charge in [-0.2, -0.15) is 0 Å². The van der Waals surface area contributed by atoms with Crippen molar-refractivity contribution in [1.29, 1.82) is 0 Å². The lowest BCUT2D eigenvalue weighted by atomic mass is 10.2. The summed E-state index contributed by atoms with van der Waals surface area (Å²) >= 11 is 0. The molecule has 0 bridgehead atoms. The van der Waals surface area contributed by atoms with Gasteiger partial charge in [-0.15, -0.1) is 0 Å². The molecule has 0 N–H and O–H groups in total. The van der Waals surface area contributed by atoms with Crippen LogP contribution < -0.4 is 0 Å². The highest BCUT2D eigenvalue weighted by Crippen LogP contribution is 2.27. The van der Waals surface area contributed by atoms with Gasteiger partial charge in [-0.05, 0) is 69.9 Å². The molecule has 1 aromatic carbocycles. The Morgan fingerprint density at radius 2 is 1.40 bits per heavy atom. The van der Waals surface area contributed by atoms with E-state index in [0.717, 1.165) is 6.04 Å². The minimum absolute atomic E-state index is 0.206. The van der Waals surface area contributed by atoms with Crippen LogP contribution in [0.5, 0.6) is 0 Å². The van der Waals surface area contributed by atoms with Gasteiger partial charge in [-0.25, -0.2) is 4.79 Å². The van der Waals surface area contributed by atoms with Crippen LogP contribution in [-0.4, -0.2) is 37.8 Å². The molecule has 0 spiro atoms. The van der Waals surface area contributed by atoms with Gasteiger partial charge in [0.25, 0.3) is 0 Å². The third-order valence-electron chi connectivity index (χ3n) is 3.27. The molecule has 1 atom stereocenters. The summed E-state index contributed by atoms with van der Waals surface area (Å²) in [7, 11) is -5.71. The molecule has 0 amide bonds. The SMILES string of the molecule is CC(COC(=O)c1ccccc1)C[Si](C)(O[Si](C)(C)C)O[Si](C)(C)C. The fourth-order valence-corrected chi connectivity index (χ4v) is 15.9. The van der Waals surface area contributed by atoms with Crippen LogP contribution in [0.15, 0.2) is 30.3 Å². The monoisotopic (exact) mass is 398 g/mol. The lowest BCUT2D eigenvalue weighted by molar-refractivity contribution is 0.0454. The third-order valence-corrected chi connectivity index (χ3v) is 13.1. The number of hydrogen-bond donors (Lipinski definition) is 0. The van der Waals surface area contributed by atoms with Gasteiger partial charge in [0.05, 0.1) is 12.2 Å². The summed E-state index contributed by atoms with van der Waals surface area (Å²) in [6, 6.07) is 9.95. The maximum atomic E-state index is 12.1. The average Bonchev–Trinajstić information content (AvgIpc) is 2.41. The number of ether oxygens (including phenoxy) is 1. The van der Waals surface area contributed by atoms with Gasteiger partial charge in [0.1, 0.15) is 0 Å². The van der Waals surface area contributed by atoms with Crippen molar-refractivity contribution in [2.75, 3.05) is 6.61 Å². The fourth-order valence-electron chi connectivity index (χ4n) is 2.97. The summed E-state index contributed by atoms with van der Waals surface area (Å²) in [6.07, 6.45) is 0. The van der Waals surface area contributed by atoms with Gasteiger partial charge < -0.3 is 13.0 Å². The Hall–Kier alpha value is -0.739. The van der Waals surface area contributed by atoms with Crippen molar-refractivity contribution in [1.82, 2.24) is 0 Å². The van der Waals surface area contributed by atoms with Crippen molar-refractivity contribution in [2.45, 2.75) is 58.8 Å². The van der Waals surface area contributed by atoms with Crippen molar-refractivity contribution in [3.8, 4) is 0 Å². The van der Waals surface area contributed by atoms with Crippen LogP contribution in [0.25, 0.3) is 0 Å². The molecule has 0 saturated carbocycles. The van der Waals surface area contributed by atoms with Gasteiger partial charge in [0, 0.05) is 0 Å². The summed E-state index contributed by atoms with van der Waals surface area (Å²) in [4.78, 5) is 12.1. The summed E-state index contributed by atoms with van der Waals surface area (Å²) < 4.78 is 18.5. The van der Waals surface area contributed by atoms with E-state index in [-0.39, 0.29) is 11.9 Å². The summed E-state index contributed by atoms with van der Waals surface area (Å²) in [5, 5.41) is 0. The molecule has 0 aromatic heterocycles. The maximum Gasteiger partial charge on any atom is 0.338 e. The summed E-state index contributed by atoms with van der Waals surface area (Å²) in [6.45, 7) is 17.9. The van der Waals surface area contributed by atoms with Gasteiger partial charge >= 0.3 is 14.5 Å². The summed E-state index contributed by atoms with van der Waals surface area (Å²) in [5.41, 5.74) is 0.589. The minimum atomic E-state index is -2.30. The highest BCUT2D eigenvalue weighted by Gasteiger charge is 2.41. The van der Waals surface area contributed by atoms with E-state index < -0.39 is 25.2 Å². The van der Waals surface area contributed by atoms with Gasteiger partial charge in [0.2, 0.25) is 0 Å². The molecule has 0 aliphatic heterocycles. The number of benzene rings is 1. The van der Waals surface area contributed by atoms with Crippen molar-refractivity contribution < 1.29 is 17.8 Å². The van der Waals surface area contributed by atoms with Crippen LogP contribution >= 0.6 is 0 Å². The highest BCUT2D eigenvalue weighted by molar-refractivity contribution is 6.87. The zero-order valence-corrected chi connectivity index (χ0v) is 20.0. The molecule has 7 heteroatoms. The van der Waals surface area contributed by atoms with Crippen LogP contribution in [-0.2, 0) is 13.0 Å². The average molecular weight is 399 g/mol. The van der Waals surface area contributed by atoms with E-state index in [1.807, 2.05) is 18.2 Å². The smallest absolute Gasteiger partial charge is 0.338 e. The van der Waals surface area contributed by atoms with E-state index in [4.69, 9.17) is 13.0 Å². The molecule has 4 nitrogen and oxygen atoms in total. The first-order valence-electron chi connectivity index (χ1n) is 8.92. The Morgan fingerprint density at radius 3 is 1.84 bits per heavy atom. The molecule has 1 rings (SSSR count). The zero-order valence-electron chi connectivity index (χ0n) is 17.0. The third kappa shape index (κ3) is 9.50. The van der Waals surface area contributed by atoms with E-state index in [1.165, 1.54) is 0 Å². The van der Waals surface area contributed by atoms with Crippen LogP contribution in [0.3, 0.4) is 0 Å². The normalized spacial score (nSPS) is 14.2.